The first kappa shape index (κ1) is 12.7. The van der Waals surface area contributed by atoms with E-state index < -0.39 is 23.8 Å². The van der Waals surface area contributed by atoms with Crippen LogP contribution in [-0.4, -0.2) is 22.2 Å². The standard InChI is InChI=1S/C10H16O4/c1-7(9(11)12)5-3-4-6-8(2)10(13)14/h3-4,7-8H,5-6H2,1-2H3,(H,11,12)(H,13,14). The molecule has 0 radical (unpaired) electrons. The molecule has 0 heterocycles. The van der Waals surface area contributed by atoms with Crippen LogP contribution in [0.3, 0.4) is 0 Å². The first-order chi connectivity index (χ1) is 6.45. The van der Waals surface area contributed by atoms with Gasteiger partial charge in [0.25, 0.3) is 0 Å². The van der Waals surface area contributed by atoms with Crippen molar-refractivity contribution in [3.63, 3.8) is 0 Å². The highest BCUT2D eigenvalue weighted by molar-refractivity contribution is 5.70. The third-order valence-electron chi connectivity index (χ3n) is 1.99. The van der Waals surface area contributed by atoms with Crippen molar-refractivity contribution in [1.29, 1.82) is 0 Å². The molecule has 80 valence electrons. The molecule has 4 nitrogen and oxygen atoms in total. The zero-order valence-corrected chi connectivity index (χ0v) is 8.43. The van der Waals surface area contributed by atoms with E-state index in [0.717, 1.165) is 0 Å². The summed E-state index contributed by atoms with van der Waals surface area (Å²) >= 11 is 0. The van der Waals surface area contributed by atoms with Crippen LogP contribution < -0.4 is 0 Å². The molecule has 2 unspecified atom stereocenters. The smallest absolute Gasteiger partial charge is 0.306 e. The highest BCUT2D eigenvalue weighted by Gasteiger charge is 2.09. The fourth-order valence-corrected chi connectivity index (χ4v) is 0.802. The Morgan fingerprint density at radius 1 is 1.00 bits per heavy atom. The molecule has 4 heteroatoms. The Labute approximate surface area is 83.2 Å². The van der Waals surface area contributed by atoms with Crippen LogP contribution in [0.1, 0.15) is 26.7 Å². The second-order valence-electron chi connectivity index (χ2n) is 3.42. The molecule has 0 aromatic heterocycles. The molecule has 0 spiro atoms. The van der Waals surface area contributed by atoms with Crippen molar-refractivity contribution in [2.75, 3.05) is 0 Å². The van der Waals surface area contributed by atoms with Crippen LogP contribution in [0, 0.1) is 11.8 Å². The number of carbonyl (C=O) groups is 2. The molecule has 0 aliphatic rings. The van der Waals surface area contributed by atoms with Crippen molar-refractivity contribution in [3.05, 3.63) is 12.2 Å². The molecule has 14 heavy (non-hydrogen) atoms. The molecule has 2 N–H and O–H groups in total. The van der Waals surface area contributed by atoms with Crippen molar-refractivity contribution in [1.82, 2.24) is 0 Å². The summed E-state index contributed by atoms with van der Waals surface area (Å²) in [5, 5.41) is 17.1. The maximum atomic E-state index is 10.4. The molecule has 0 saturated carbocycles. The topological polar surface area (TPSA) is 74.6 Å². The molecule has 0 bridgehead atoms. The van der Waals surface area contributed by atoms with Gasteiger partial charge in [0.1, 0.15) is 0 Å². The van der Waals surface area contributed by atoms with Gasteiger partial charge >= 0.3 is 11.9 Å². The first-order valence-corrected chi connectivity index (χ1v) is 4.55. The number of allylic oxidation sites excluding steroid dienone is 2. The van der Waals surface area contributed by atoms with Crippen molar-refractivity contribution in [3.8, 4) is 0 Å². The molecule has 0 aromatic rings. The second-order valence-corrected chi connectivity index (χ2v) is 3.42. The van der Waals surface area contributed by atoms with Gasteiger partial charge in [-0.3, -0.25) is 9.59 Å². The lowest BCUT2D eigenvalue weighted by Gasteiger charge is -2.02. The average Bonchev–Trinajstić information content (AvgIpc) is 2.11. The lowest BCUT2D eigenvalue weighted by atomic mass is 10.1. The van der Waals surface area contributed by atoms with Gasteiger partial charge in [0.15, 0.2) is 0 Å². The van der Waals surface area contributed by atoms with Crippen LogP contribution in [-0.2, 0) is 9.59 Å². The molecular formula is C10H16O4. The van der Waals surface area contributed by atoms with Crippen molar-refractivity contribution >= 4 is 11.9 Å². The summed E-state index contributed by atoms with van der Waals surface area (Å²) in [4.78, 5) is 20.8. The predicted molar refractivity (Wildman–Crippen MR) is 52.0 cm³/mol. The highest BCUT2D eigenvalue weighted by atomic mass is 16.4. The van der Waals surface area contributed by atoms with Crippen molar-refractivity contribution < 1.29 is 19.8 Å². The predicted octanol–water partition coefficient (Wildman–Crippen LogP) is 1.76. The largest absolute Gasteiger partial charge is 0.481 e. The Bertz CT molecular complexity index is 208. The maximum absolute atomic E-state index is 10.4. The fraction of sp³-hybridized carbons (Fsp3) is 0.600. The average molecular weight is 200 g/mol. The minimum Gasteiger partial charge on any atom is -0.481 e. The molecular weight excluding hydrogens is 184 g/mol. The molecule has 0 amide bonds. The molecule has 0 aliphatic carbocycles. The minimum absolute atomic E-state index is 0.411. The molecule has 0 aromatic carbocycles. The third-order valence-corrected chi connectivity index (χ3v) is 1.99. The Morgan fingerprint density at radius 3 is 1.50 bits per heavy atom. The zero-order chi connectivity index (χ0) is 11.1. The summed E-state index contributed by atoms with van der Waals surface area (Å²) in [5.41, 5.74) is 0. The van der Waals surface area contributed by atoms with Crippen LogP contribution in [0.15, 0.2) is 12.2 Å². The van der Waals surface area contributed by atoms with E-state index in [0.29, 0.717) is 12.8 Å². The minimum atomic E-state index is -0.832. The van der Waals surface area contributed by atoms with Crippen LogP contribution in [0.25, 0.3) is 0 Å². The van der Waals surface area contributed by atoms with E-state index >= 15 is 0 Å². The number of rotatable bonds is 6. The van der Waals surface area contributed by atoms with Gasteiger partial charge < -0.3 is 10.2 Å². The number of carboxylic acids is 2. The zero-order valence-electron chi connectivity index (χ0n) is 8.43. The molecule has 2 atom stereocenters. The number of carboxylic acid groups (broad SMARTS) is 2. The number of hydrogen-bond donors (Lipinski definition) is 2. The summed E-state index contributed by atoms with van der Waals surface area (Å²) in [6.07, 6.45) is 4.33. The summed E-state index contributed by atoms with van der Waals surface area (Å²) in [6, 6.07) is 0. The summed E-state index contributed by atoms with van der Waals surface area (Å²) in [5.74, 6) is -2.49. The van der Waals surface area contributed by atoms with Crippen LogP contribution in [0.5, 0.6) is 0 Å². The van der Waals surface area contributed by atoms with Gasteiger partial charge in [-0.15, -0.1) is 0 Å². The monoisotopic (exact) mass is 200 g/mol. The third kappa shape index (κ3) is 5.35. The van der Waals surface area contributed by atoms with Gasteiger partial charge in [0.05, 0.1) is 11.8 Å². The van der Waals surface area contributed by atoms with Gasteiger partial charge in [0, 0.05) is 0 Å². The van der Waals surface area contributed by atoms with Gasteiger partial charge in [-0.05, 0) is 12.8 Å². The quantitative estimate of drug-likeness (QED) is 0.641. The fourth-order valence-electron chi connectivity index (χ4n) is 0.802. The molecule has 0 saturated heterocycles. The van der Waals surface area contributed by atoms with Crippen LogP contribution >= 0.6 is 0 Å². The molecule has 0 aliphatic heterocycles. The van der Waals surface area contributed by atoms with E-state index in [1.165, 1.54) is 0 Å². The Kier molecular flexibility index (Phi) is 5.60. The lowest BCUT2D eigenvalue weighted by Crippen LogP contribution is -2.09. The van der Waals surface area contributed by atoms with E-state index in [1.54, 1.807) is 26.0 Å². The SMILES string of the molecule is CC(CC=CCC(C)C(=O)O)C(=O)O. The van der Waals surface area contributed by atoms with E-state index in [4.69, 9.17) is 10.2 Å². The lowest BCUT2D eigenvalue weighted by molar-refractivity contribution is -0.142. The Balaban J connectivity index is 3.74. The van der Waals surface area contributed by atoms with Gasteiger partial charge in [0.2, 0.25) is 0 Å². The van der Waals surface area contributed by atoms with E-state index in [9.17, 15) is 9.59 Å². The second kappa shape index (κ2) is 6.18. The maximum Gasteiger partial charge on any atom is 0.306 e. The number of aliphatic carboxylic acids is 2. The highest BCUT2D eigenvalue weighted by Crippen LogP contribution is 2.06. The van der Waals surface area contributed by atoms with E-state index in [-0.39, 0.29) is 0 Å². The first-order valence-electron chi connectivity index (χ1n) is 4.55. The molecule has 0 rings (SSSR count). The van der Waals surface area contributed by atoms with Crippen LogP contribution in [0.4, 0.5) is 0 Å². The van der Waals surface area contributed by atoms with Crippen molar-refractivity contribution in [2.24, 2.45) is 11.8 Å². The van der Waals surface area contributed by atoms with Gasteiger partial charge in [-0.25, -0.2) is 0 Å². The summed E-state index contributed by atoms with van der Waals surface area (Å²) < 4.78 is 0. The normalized spacial score (nSPS) is 15.3. The van der Waals surface area contributed by atoms with E-state index in [1.807, 2.05) is 0 Å². The number of hydrogen-bond acceptors (Lipinski definition) is 2. The Morgan fingerprint density at radius 2 is 1.29 bits per heavy atom. The molecule has 0 fully saturated rings. The van der Waals surface area contributed by atoms with Crippen molar-refractivity contribution in [2.45, 2.75) is 26.7 Å². The summed E-state index contributed by atoms with van der Waals surface area (Å²) in [6.45, 7) is 3.24. The summed E-state index contributed by atoms with van der Waals surface area (Å²) in [7, 11) is 0. The van der Waals surface area contributed by atoms with Gasteiger partial charge in [-0.2, -0.15) is 0 Å². The Hall–Kier alpha value is -1.32. The van der Waals surface area contributed by atoms with E-state index in [2.05, 4.69) is 0 Å². The van der Waals surface area contributed by atoms with Gasteiger partial charge in [-0.1, -0.05) is 26.0 Å². The van der Waals surface area contributed by atoms with Crippen LogP contribution in [0.2, 0.25) is 0 Å².